The van der Waals surface area contributed by atoms with Crippen LogP contribution >= 0.6 is 0 Å². The summed E-state index contributed by atoms with van der Waals surface area (Å²) in [5.41, 5.74) is 12.9. The first-order valence-electron chi connectivity index (χ1n) is 20.8. The first-order valence-corrected chi connectivity index (χ1v) is 20.8. The molecule has 2 atom stereocenters. The third-order valence-electron chi connectivity index (χ3n) is 12.4. The minimum Gasteiger partial charge on any atom is -0.331 e. The van der Waals surface area contributed by atoms with Gasteiger partial charge < -0.3 is 9.47 Å². The topological polar surface area (TPSA) is 8.17 Å². The van der Waals surface area contributed by atoms with Crippen LogP contribution in [0.25, 0.3) is 60.5 Å². The normalized spacial score (nSPS) is 16.6. The summed E-state index contributed by atoms with van der Waals surface area (Å²) in [6.45, 7) is 9.28. The van der Waals surface area contributed by atoms with Gasteiger partial charge in [-0.3, -0.25) is 0 Å². The van der Waals surface area contributed by atoms with Gasteiger partial charge >= 0.3 is 0 Å². The molecule has 8 aromatic carbocycles. The number of para-hydroxylation sites is 3. The molecule has 10 rings (SSSR count). The smallest absolute Gasteiger partial charge is 0.0711 e. The van der Waals surface area contributed by atoms with Crippen molar-refractivity contribution >= 4 is 44.0 Å². The highest BCUT2D eigenvalue weighted by atomic mass is 15.2. The molecule has 2 unspecified atom stereocenters. The number of allylic oxidation sites excluding steroid dienone is 2. The van der Waals surface area contributed by atoms with E-state index in [1.165, 1.54) is 66.0 Å². The summed E-state index contributed by atoms with van der Waals surface area (Å²) in [4.78, 5) is 2.63. The van der Waals surface area contributed by atoms with E-state index in [0.29, 0.717) is 0 Å². The Kier molecular flexibility index (Phi) is 8.95. The van der Waals surface area contributed by atoms with E-state index in [9.17, 15) is 0 Å². The molecule has 1 aliphatic rings. The van der Waals surface area contributed by atoms with Gasteiger partial charge in [0, 0.05) is 39.3 Å². The van der Waals surface area contributed by atoms with E-state index in [1.54, 1.807) is 0 Å². The third kappa shape index (κ3) is 6.28. The predicted molar refractivity (Wildman–Crippen MR) is 252 cm³/mol. The Bertz CT molecular complexity index is 3030. The highest BCUT2D eigenvalue weighted by Crippen LogP contribution is 2.50. The Balaban J connectivity index is 1.24. The number of rotatable bonds is 7. The molecule has 59 heavy (non-hydrogen) atoms. The van der Waals surface area contributed by atoms with Gasteiger partial charge in [-0.25, -0.2) is 0 Å². The molecule has 2 nitrogen and oxygen atoms in total. The first-order chi connectivity index (χ1) is 28.8. The van der Waals surface area contributed by atoms with Gasteiger partial charge in [-0.1, -0.05) is 191 Å². The van der Waals surface area contributed by atoms with Gasteiger partial charge in [0.15, 0.2) is 0 Å². The molecule has 0 spiro atoms. The highest BCUT2D eigenvalue weighted by molar-refractivity contribution is 6.11. The van der Waals surface area contributed by atoms with Crippen LogP contribution in [0.2, 0.25) is 0 Å². The summed E-state index contributed by atoms with van der Waals surface area (Å²) < 4.78 is 2.40. The minimum atomic E-state index is -0.494. The lowest BCUT2D eigenvalue weighted by Crippen LogP contribution is -2.47. The summed E-state index contributed by atoms with van der Waals surface area (Å²) in [5.74, 6) is 0.0586. The summed E-state index contributed by atoms with van der Waals surface area (Å²) >= 11 is 0. The molecule has 1 aliphatic carbocycles. The maximum Gasteiger partial charge on any atom is 0.0711 e. The van der Waals surface area contributed by atoms with Gasteiger partial charge in [-0.15, -0.1) is 0 Å². The standard InChI is InChI=1S/C57H48N2/c1-56(2,3)43-34-32-41(33-35-43)51-29-15-16-38-57(51,4)59(45-36-37-53-50(39-45)48-26-11-13-30-52(48)58(53)44-23-9-6-10-24-44)54-31-14-12-25-47(54)49-28-18-22-42-21-17-27-46(55(42)49)40-19-7-5-8-20-40/h5-39,51H,1-4H3. The summed E-state index contributed by atoms with van der Waals surface area (Å²) in [6.07, 6.45) is 9.28. The van der Waals surface area contributed by atoms with Gasteiger partial charge in [0.25, 0.3) is 0 Å². The second-order valence-corrected chi connectivity index (χ2v) is 17.1. The largest absolute Gasteiger partial charge is 0.331 e. The lowest BCUT2D eigenvalue weighted by Gasteiger charge is -2.47. The van der Waals surface area contributed by atoms with Crippen molar-refractivity contribution in [1.29, 1.82) is 0 Å². The molecular weight excluding hydrogens is 713 g/mol. The van der Waals surface area contributed by atoms with E-state index in [4.69, 9.17) is 0 Å². The molecule has 0 N–H and O–H groups in total. The van der Waals surface area contributed by atoms with Crippen LogP contribution in [0.4, 0.5) is 11.4 Å². The monoisotopic (exact) mass is 760 g/mol. The molecule has 0 saturated heterocycles. The molecule has 0 fully saturated rings. The van der Waals surface area contributed by atoms with E-state index in [1.807, 2.05) is 0 Å². The van der Waals surface area contributed by atoms with Crippen LogP contribution in [0.1, 0.15) is 44.7 Å². The first kappa shape index (κ1) is 36.4. The van der Waals surface area contributed by atoms with Crippen molar-refractivity contribution in [2.45, 2.75) is 44.6 Å². The van der Waals surface area contributed by atoms with Gasteiger partial charge in [0.2, 0.25) is 0 Å². The number of hydrogen-bond acceptors (Lipinski definition) is 1. The molecule has 1 heterocycles. The van der Waals surface area contributed by atoms with Crippen LogP contribution in [0, 0.1) is 0 Å². The Morgan fingerprint density at radius 3 is 1.95 bits per heavy atom. The van der Waals surface area contributed by atoms with E-state index in [2.05, 4.69) is 250 Å². The fourth-order valence-corrected chi connectivity index (χ4v) is 9.53. The zero-order valence-electron chi connectivity index (χ0n) is 34.2. The number of aromatic nitrogens is 1. The Labute approximate surface area is 348 Å². The Hall–Kier alpha value is -6.90. The molecule has 0 aliphatic heterocycles. The fraction of sp³-hybridized carbons (Fsp3) is 0.123. The summed E-state index contributed by atoms with van der Waals surface area (Å²) in [7, 11) is 0. The minimum absolute atomic E-state index is 0.0586. The quantitative estimate of drug-likeness (QED) is 0.157. The number of fused-ring (bicyclic) bond motifs is 4. The third-order valence-corrected chi connectivity index (χ3v) is 12.4. The van der Waals surface area contributed by atoms with Crippen LogP contribution < -0.4 is 4.90 Å². The van der Waals surface area contributed by atoms with Crippen molar-refractivity contribution in [3.63, 3.8) is 0 Å². The average molecular weight is 761 g/mol. The number of benzene rings is 8. The molecule has 0 saturated carbocycles. The van der Waals surface area contributed by atoms with Gasteiger partial charge in [-0.2, -0.15) is 0 Å². The van der Waals surface area contributed by atoms with Crippen LogP contribution in [-0.4, -0.2) is 10.1 Å². The van der Waals surface area contributed by atoms with E-state index >= 15 is 0 Å². The second kappa shape index (κ2) is 14.5. The number of anilines is 2. The van der Waals surface area contributed by atoms with Crippen LogP contribution in [0.15, 0.2) is 212 Å². The summed E-state index contributed by atoms with van der Waals surface area (Å²) in [5, 5.41) is 4.95. The summed E-state index contributed by atoms with van der Waals surface area (Å²) in [6, 6.07) is 69.3. The van der Waals surface area contributed by atoms with E-state index < -0.39 is 5.54 Å². The van der Waals surface area contributed by atoms with Crippen LogP contribution in [0.5, 0.6) is 0 Å². The molecule has 0 radical (unpaired) electrons. The molecule has 0 bridgehead atoms. The Morgan fingerprint density at radius 1 is 0.542 bits per heavy atom. The van der Waals surface area contributed by atoms with Crippen molar-refractivity contribution in [1.82, 2.24) is 4.57 Å². The molecular formula is C57H48N2. The molecule has 0 amide bonds. The molecule has 2 heteroatoms. The van der Waals surface area contributed by atoms with E-state index in [0.717, 1.165) is 17.1 Å². The van der Waals surface area contributed by atoms with Crippen molar-refractivity contribution in [3.05, 3.63) is 223 Å². The number of hydrogen-bond donors (Lipinski definition) is 0. The van der Waals surface area contributed by atoms with Gasteiger partial charge in [-0.05, 0) is 93.4 Å². The zero-order valence-corrected chi connectivity index (χ0v) is 34.2. The SMILES string of the molecule is CC(C)(C)c1ccc(C2C=CC=CC2(C)N(c2ccc3c(c2)c2ccccc2n3-c2ccccc2)c2ccccc2-c2cccc3cccc(-c4ccccc4)c23)cc1. The zero-order chi connectivity index (χ0) is 40.1. The van der Waals surface area contributed by atoms with Crippen molar-refractivity contribution < 1.29 is 0 Å². The second-order valence-electron chi connectivity index (χ2n) is 17.1. The maximum atomic E-state index is 2.63. The van der Waals surface area contributed by atoms with Gasteiger partial charge in [0.1, 0.15) is 0 Å². The number of nitrogens with zero attached hydrogens (tertiary/aromatic N) is 2. The molecule has 9 aromatic rings. The molecule has 286 valence electrons. The van der Waals surface area contributed by atoms with Crippen molar-refractivity contribution in [2.75, 3.05) is 4.90 Å². The highest BCUT2D eigenvalue weighted by Gasteiger charge is 2.41. The maximum absolute atomic E-state index is 2.63. The lowest BCUT2D eigenvalue weighted by atomic mass is 9.74. The van der Waals surface area contributed by atoms with Crippen LogP contribution in [-0.2, 0) is 5.41 Å². The van der Waals surface area contributed by atoms with Crippen molar-refractivity contribution in [3.8, 4) is 27.9 Å². The van der Waals surface area contributed by atoms with E-state index in [-0.39, 0.29) is 11.3 Å². The predicted octanol–water partition coefficient (Wildman–Crippen LogP) is 15.4. The van der Waals surface area contributed by atoms with Crippen LogP contribution in [0.3, 0.4) is 0 Å². The lowest BCUT2D eigenvalue weighted by molar-refractivity contribution is 0.505. The van der Waals surface area contributed by atoms with Gasteiger partial charge in [0.05, 0.1) is 16.6 Å². The van der Waals surface area contributed by atoms with Crippen molar-refractivity contribution in [2.24, 2.45) is 0 Å². The fourth-order valence-electron chi connectivity index (χ4n) is 9.53. The Morgan fingerprint density at radius 2 is 1.19 bits per heavy atom. The average Bonchev–Trinajstić information content (AvgIpc) is 3.60. The molecule has 1 aromatic heterocycles.